The lowest BCUT2D eigenvalue weighted by molar-refractivity contribution is -0.143. The molecule has 1 aromatic carbocycles. The van der Waals surface area contributed by atoms with Crippen molar-refractivity contribution < 1.29 is 9.53 Å². The molecule has 17 heavy (non-hydrogen) atoms. The summed E-state index contributed by atoms with van der Waals surface area (Å²) in [5, 5.41) is 0.582. The van der Waals surface area contributed by atoms with Gasteiger partial charge in [-0.3, -0.25) is 9.36 Å². The maximum absolute atomic E-state index is 11.4. The van der Waals surface area contributed by atoms with Crippen LogP contribution in [0.25, 0.3) is 11.0 Å². The van der Waals surface area contributed by atoms with Gasteiger partial charge in [0.1, 0.15) is 6.54 Å². The summed E-state index contributed by atoms with van der Waals surface area (Å²) in [6.45, 7) is 2.15. The standard InChI is InChI=1S/C11H12ClN3O2/c1-2-17-10(16)6-15-9-4-3-7(12)5-8(9)14-11(15)13/h3-5H,2,6H2,1H3,(H2,13,14). The molecule has 0 aliphatic carbocycles. The number of halogens is 1. The Balaban J connectivity index is 2.39. The van der Waals surface area contributed by atoms with Gasteiger partial charge in [-0.05, 0) is 25.1 Å². The van der Waals surface area contributed by atoms with Gasteiger partial charge in [0.25, 0.3) is 0 Å². The Kier molecular flexibility index (Phi) is 3.19. The Morgan fingerprint density at radius 3 is 3.06 bits per heavy atom. The number of nitrogens with zero attached hydrogens (tertiary/aromatic N) is 2. The van der Waals surface area contributed by atoms with E-state index in [1.54, 1.807) is 29.7 Å². The number of benzene rings is 1. The molecule has 5 nitrogen and oxygen atoms in total. The van der Waals surface area contributed by atoms with Crippen molar-refractivity contribution in [3.63, 3.8) is 0 Å². The number of nitrogen functional groups attached to an aromatic ring is 1. The van der Waals surface area contributed by atoms with Gasteiger partial charge in [-0.1, -0.05) is 11.6 Å². The molecular formula is C11H12ClN3O2. The molecule has 0 aliphatic heterocycles. The Labute approximate surface area is 103 Å². The van der Waals surface area contributed by atoms with Gasteiger partial charge in [0.05, 0.1) is 17.6 Å². The van der Waals surface area contributed by atoms with Crippen LogP contribution in [0.4, 0.5) is 5.95 Å². The highest BCUT2D eigenvalue weighted by atomic mass is 35.5. The van der Waals surface area contributed by atoms with Gasteiger partial charge in [0, 0.05) is 5.02 Å². The summed E-state index contributed by atoms with van der Waals surface area (Å²) in [5.41, 5.74) is 7.18. The van der Waals surface area contributed by atoms with Crippen molar-refractivity contribution in [1.82, 2.24) is 9.55 Å². The number of rotatable bonds is 3. The van der Waals surface area contributed by atoms with Crippen molar-refractivity contribution in [3.05, 3.63) is 23.2 Å². The first-order chi connectivity index (χ1) is 8.11. The molecule has 0 unspecified atom stereocenters. The predicted octanol–water partition coefficient (Wildman–Crippen LogP) is 1.83. The molecule has 2 rings (SSSR count). The molecule has 0 spiro atoms. The van der Waals surface area contributed by atoms with Crippen LogP contribution in [-0.4, -0.2) is 22.1 Å². The number of carbonyl (C=O) groups excluding carboxylic acids is 1. The summed E-state index contributed by atoms with van der Waals surface area (Å²) in [7, 11) is 0. The molecule has 0 bridgehead atoms. The van der Waals surface area contributed by atoms with Gasteiger partial charge >= 0.3 is 5.97 Å². The zero-order chi connectivity index (χ0) is 12.4. The van der Waals surface area contributed by atoms with Crippen LogP contribution in [0.1, 0.15) is 6.92 Å². The van der Waals surface area contributed by atoms with Crippen LogP contribution < -0.4 is 5.73 Å². The molecule has 1 aromatic heterocycles. The number of esters is 1. The Morgan fingerprint density at radius 2 is 2.35 bits per heavy atom. The fourth-order valence-electron chi connectivity index (χ4n) is 1.62. The molecule has 90 valence electrons. The zero-order valence-corrected chi connectivity index (χ0v) is 10.1. The normalized spacial score (nSPS) is 10.7. The van der Waals surface area contributed by atoms with E-state index in [4.69, 9.17) is 22.1 Å². The van der Waals surface area contributed by atoms with E-state index >= 15 is 0 Å². The van der Waals surface area contributed by atoms with Crippen LogP contribution in [0.15, 0.2) is 18.2 Å². The lowest BCUT2D eigenvalue weighted by Crippen LogP contribution is -2.15. The summed E-state index contributed by atoms with van der Waals surface area (Å²) >= 11 is 5.85. The summed E-state index contributed by atoms with van der Waals surface area (Å²) in [4.78, 5) is 15.6. The fraction of sp³-hybridized carbons (Fsp3) is 0.273. The van der Waals surface area contributed by atoms with Gasteiger partial charge in [0.2, 0.25) is 5.95 Å². The van der Waals surface area contributed by atoms with E-state index in [1.165, 1.54) is 0 Å². The second-order valence-electron chi connectivity index (χ2n) is 3.49. The fourth-order valence-corrected chi connectivity index (χ4v) is 1.79. The topological polar surface area (TPSA) is 70.1 Å². The van der Waals surface area contributed by atoms with E-state index in [1.807, 2.05) is 0 Å². The number of anilines is 1. The number of hydrogen-bond acceptors (Lipinski definition) is 4. The first kappa shape index (κ1) is 11.7. The minimum atomic E-state index is -0.339. The van der Waals surface area contributed by atoms with Gasteiger partial charge in [-0.25, -0.2) is 4.98 Å². The number of imidazole rings is 1. The highest BCUT2D eigenvalue weighted by molar-refractivity contribution is 6.31. The molecule has 0 saturated heterocycles. The van der Waals surface area contributed by atoms with E-state index in [2.05, 4.69) is 4.98 Å². The molecule has 0 radical (unpaired) electrons. The van der Waals surface area contributed by atoms with Crippen LogP contribution in [0, 0.1) is 0 Å². The minimum Gasteiger partial charge on any atom is -0.465 e. The highest BCUT2D eigenvalue weighted by Crippen LogP contribution is 2.21. The van der Waals surface area contributed by atoms with Crippen LogP contribution in [0.3, 0.4) is 0 Å². The molecule has 0 fully saturated rings. The zero-order valence-electron chi connectivity index (χ0n) is 9.31. The largest absolute Gasteiger partial charge is 0.465 e. The molecule has 2 aromatic rings. The van der Waals surface area contributed by atoms with Crippen LogP contribution >= 0.6 is 11.6 Å². The lowest BCUT2D eigenvalue weighted by Gasteiger charge is -2.05. The summed E-state index contributed by atoms with van der Waals surface area (Å²) in [6, 6.07) is 5.21. The molecule has 0 atom stereocenters. The SMILES string of the molecule is CCOC(=O)Cn1c(N)nc2cc(Cl)ccc21. The van der Waals surface area contributed by atoms with E-state index < -0.39 is 0 Å². The predicted molar refractivity (Wildman–Crippen MR) is 65.8 cm³/mol. The van der Waals surface area contributed by atoms with Crippen molar-refractivity contribution in [2.24, 2.45) is 0 Å². The maximum atomic E-state index is 11.4. The van der Waals surface area contributed by atoms with E-state index in [0.717, 1.165) is 5.52 Å². The smallest absolute Gasteiger partial charge is 0.326 e. The quantitative estimate of drug-likeness (QED) is 0.848. The van der Waals surface area contributed by atoms with E-state index in [9.17, 15) is 4.79 Å². The summed E-state index contributed by atoms with van der Waals surface area (Å²) in [5.74, 6) is -0.0660. The third-order valence-corrected chi connectivity index (χ3v) is 2.57. The number of nitrogens with two attached hydrogens (primary N) is 1. The second kappa shape index (κ2) is 4.63. The first-order valence-corrected chi connectivity index (χ1v) is 5.56. The molecule has 6 heteroatoms. The third-order valence-electron chi connectivity index (χ3n) is 2.33. The van der Waals surface area contributed by atoms with Crippen molar-refractivity contribution in [2.45, 2.75) is 13.5 Å². The Hall–Kier alpha value is -1.75. The third kappa shape index (κ3) is 2.34. The Bertz CT molecular complexity index is 565. The van der Waals surface area contributed by atoms with E-state index in [0.29, 0.717) is 17.1 Å². The lowest BCUT2D eigenvalue weighted by atomic mass is 10.3. The summed E-state index contributed by atoms with van der Waals surface area (Å²) in [6.07, 6.45) is 0. The molecule has 0 saturated carbocycles. The number of hydrogen-bond donors (Lipinski definition) is 1. The van der Waals surface area contributed by atoms with Gasteiger partial charge < -0.3 is 10.5 Å². The second-order valence-corrected chi connectivity index (χ2v) is 3.93. The molecule has 2 N–H and O–H groups in total. The van der Waals surface area contributed by atoms with Crippen molar-refractivity contribution in [3.8, 4) is 0 Å². The molecule has 0 amide bonds. The van der Waals surface area contributed by atoms with Gasteiger partial charge in [-0.15, -0.1) is 0 Å². The molecular weight excluding hydrogens is 242 g/mol. The maximum Gasteiger partial charge on any atom is 0.326 e. The number of carbonyl (C=O) groups is 1. The van der Waals surface area contributed by atoms with Crippen LogP contribution in [-0.2, 0) is 16.1 Å². The average Bonchev–Trinajstić information content (AvgIpc) is 2.55. The number of fused-ring (bicyclic) bond motifs is 1. The van der Waals surface area contributed by atoms with E-state index in [-0.39, 0.29) is 18.5 Å². The van der Waals surface area contributed by atoms with Crippen molar-refractivity contribution in [2.75, 3.05) is 12.3 Å². The number of ether oxygens (including phenoxy) is 1. The van der Waals surface area contributed by atoms with Crippen molar-refractivity contribution in [1.29, 1.82) is 0 Å². The summed E-state index contributed by atoms with van der Waals surface area (Å²) < 4.78 is 6.47. The number of aromatic nitrogens is 2. The molecule has 0 aliphatic rings. The minimum absolute atomic E-state index is 0.0534. The van der Waals surface area contributed by atoms with Crippen molar-refractivity contribution >= 4 is 34.6 Å². The van der Waals surface area contributed by atoms with Gasteiger partial charge in [0.15, 0.2) is 0 Å². The molecule has 1 heterocycles. The van der Waals surface area contributed by atoms with Crippen LogP contribution in [0.5, 0.6) is 0 Å². The average molecular weight is 254 g/mol. The first-order valence-electron chi connectivity index (χ1n) is 5.18. The van der Waals surface area contributed by atoms with Crippen LogP contribution in [0.2, 0.25) is 5.02 Å². The Morgan fingerprint density at radius 1 is 1.59 bits per heavy atom. The monoisotopic (exact) mass is 253 g/mol. The van der Waals surface area contributed by atoms with Gasteiger partial charge in [-0.2, -0.15) is 0 Å². The highest BCUT2D eigenvalue weighted by Gasteiger charge is 2.12.